The normalized spacial score (nSPS) is 18.5. The fourth-order valence-corrected chi connectivity index (χ4v) is 2.41. The lowest BCUT2D eigenvalue weighted by Crippen LogP contribution is -2.52. The van der Waals surface area contributed by atoms with E-state index in [4.69, 9.17) is 11.6 Å². The lowest BCUT2D eigenvalue weighted by atomic mass is 9.74. The lowest BCUT2D eigenvalue weighted by Gasteiger charge is -2.41. The van der Waals surface area contributed by atoms with Gasteiger partial charge in [0.1, 0.15) is 5.15 Å². The first kappa shape index (κ1) is 10.5. The molecule has 0 spiro atoms. The summed E-state index contributed by atoms with van der Waals surface area (Å²) in [5, 5.41) is 0.104. The third kappa shape index (κ3) is 1.53. The maximum Gasteiger partial charge on any atom is 0.329 e. The summed E-state index contributed by atoms with van der Waals surface area (Å²) in [5.41, 5.74) is -0.964. The molecule has 82 valence electrons. The molecule has 0 unspecified atom stereocenters. The molecule has 0 aromatic carbocycles. The molecule has 1 aliphatic carbocycles. The molecule has 0 radical (unpaired) electrons. The topological polar surface area (TPSA) is 54.9 Å². The average Bonchev–Trinajstić information content (AvgIpc) is 2.07. The van der Waals surface area contributed by atoms with E-state index in [1.165, 1.54) is 10.6 Å². The van der Waals surface area contributed by atoms with Crippen LogP contribution in [0.15, 0.2) is 15.7 Å². The van der Waals surface area contributed by atoms with Crippen molar-refractivity contribution in [1.29, 1.82) is 0 Å². The van der Waals surface area contributed by atoms with Gasteiger partial charge in [-0.25, -0.2) is 4.79 Å². The van der Waals surface area contributed by atoms with Gasteiger partial charge in [0.15, 0.2) is 0 Å². The maximum absolute atomic E-state index is 11.7. The quantitative estimate of drug-likeness (QED) is 0.780. The summed E-state index contributed by atoms with van der Waals surface area (Å²) in [6, 6.07) is 1.26. The van der Waals surface area contributed by atoms with Gasteiger partial charge in [-0.3, -0.25) is 14.3 Å². The predicted octanol–water partition coefficient (Wildman–Crippen LogP) is 1.48. The molecule has 5 heteroatoms. The monoisotopic (exact) mass is 228 g/mol. The van der Waals surface area contributed by atoms with E-state index in [1.54, 1.807) is 0 Å². The highest BCUT2D eigenvalue weighted by Gasteiger charge is 2.39. The third-order valence-electron chi connectivity index (χ3n) is 3.32. The number of nitrogens with one attached hydrogen (secondary N) is 1. The second kappa shape index (κ2) is 3.52. The van der Waals surface area contributed by atoms with Gasteiger partial charge in [-0.1, -0.05) is 18.5 Å². The fraction of sp³-hybridized carbons (Fsp3) is 0.600. The Hall–Kier alpha value is -1.03. The van der Waals surface area contributed by atoms with E-state index in [2.05, 4.69) is 4.98 Å². The Morgan fingerprint density at radius 3 is 2.60 bits per heavy atom. The van der Waals surface area contributed by atoms with Crippen LogP contribution in [0.1, 0.15) is 32.6 Å². The van der Waals surface area contributed by atoms with Crippen molar-refractivity contribution in [2.75, 3.05) is 0 Å². The predicted molar refractivity (Wildman–Crippen MR) is 58.4 cm³/mol. The van der Waals surface area contributed by atoms with Gasteiger partial charge in [0.05, 0.1) is 5.54 Å². The lowest BCUT2D eigenvalue weighted by molar-refractivity contribution is 0.124. The van der Waals surface area contributed by atoms with Crippen LogP contribution in [-0.4, -0.2) is 9.55 Å². The van der Waals surface area contributed by atoms with Crippen LogP contribution >= 0.6 is 11.6 Å². The zero-order chi connectivity index (χ0) is 11.1. The van der Waals surface area contributed by atoms with Crippen molar-refractivity contribution >= 4 is 11.6 Å². The van der Waals surface area contributed by atoms with Gasteiger partial charge in [0.25, 0.3) is 5.56 Å². The first-order chi connectivity index (χ1) is 7.09. The molecule has 2 rings (SSSR count). The number of hydrogen-bond acceptors (Lipinski definition) is 2. The molecule has 0 amide bonds. The van der Waals surface area contributed by atoms with Crippen LogP contribution in [0.4, 0.5) is 0 Å². The number of aromatic amines is 1. The molecule has 1 aromatic rings. The van der Waals surface area contributed by atoms with E-state index in [1.807, 2.05) is 6.92 Å². The van der Waals surface area contributed by atoms with Gasteiger partial charge in [0.2, 0.25) is 0 Å². The van der Waals surface area contributed by atoms with Crippen molar-refractivity contribution < 1.29 is 0 Å². The van der Waals surface area contributed by atoms with E-state index in [-0.39, 0.29) is 16.3 Å². The first-order valence-electron chi connectivity index (χ1n) is 5.11. The Morgan fingerprint density at radius 1 is 1.53 bits per heavy atom. The molecule has 15 heavy (non-hydrogen) atoms. The third-order valence-corrected chi connectivity index (χ3v) is 3.52. The molecular formula is C10H13ClN2O2. The highest BCUT2D eigenvalue weighted by atomic mass is 35.5. The van der Waals surface area contributed by atoms with Crippen molar-refractivity contribution in [3.8, 4) is 0 Å². The molecule has 4 nitrogen and oxygen atoms in total. The van der Waals surface area contributed by atoms with Gasteiger partial charge in [-0.05, 0) is 25.7 Å². The minimum Gasteiger partial charge on any atom is -0.298 e. The molecule has 1 aliphatic rings. The summed E-state index contributed by atoms with van der Waals surface area (Å²) in [7, 11) is 0. The Morgan fingerprint density at radius 2 is 2.20 bits per heavy atom. The average molecular weight is 229 g/mol. The molecule has 0 atom stereocenters. The summed E-state index contributed by atoms with van der Waals surface area (Å²) in [6.45, 7) is 2.00. The number of hydrogen-bond donors (Lipinski definition) is 1. The molecule has 0 bridgehead atoms. The van der Waals surface area contributed by atoms with Crippen LogP contribution in [0.25, 0.3) is 0 Å². The Balaban J connectivity index is 2.62. The van der Waals surface area contributed by atoms with Crippen LogP contribution in [0.2, 0.25) is 5.15 Å². The summed E-state index contributed by atoms with van der Waals surface area (Å²) in [6.07, 6.45) is 3.67. The molecule has 1 fully saturated rings. The molecule has 0 saturated heterocycles. The van der Waals surface area contributed by atoms with Gasteiger partial charge in [-0.2, -0.15) is 0 Å². The van der Waals surface area contributed by atoms with Crippen molar-refractivity contribution in [3.63, 3.8) is 0 Å². The zero-order valence-corrected chi connectivity index (χ0v) is 9.30. The highest BCUT2D eigenvalue weighted by Crippen LogP contribution is 2.39. The minimum atomic E-state index is -0.394. The number of rotatable bonds is 2. The van der Waals surface area contributed by atoms with Crippen LogP contribution in [-0.2, 0) is 5.54 Å². The number of aromatic nitrogens is 2. The van der Waals surface area contributed by atoms with Crippen LogP contribution in [0.3, 0.4) is 0 Å². The molecular weight excluding hydrogens is 216 g/mol. The van der Waals surface area contributed by atoms with Crippen molar-refractivity contribution in [2.45, 2.75) is 38.1 Å². The summed E-state index contributed by atoms with van der Waals surface area (Å²) >= 11 is 5.61. The summed E-state index contributed by atoms with van der Waals surface area (Å²) in [5.74, 6) is 0. The summed E-state index contributed by atoms with van der Waals surface area (Å²) < 4.78 is 1.32. The molecule has 1 N–H and O–H groups in total. The number of nitrogens with zero attached hydrogens (tertiary/aromatic N) is 1. The second-order valence-electron chi connectivity index (χ2n) is 4.03. The fourth-order valence-electron chi connectivity index (χ4n) is 2.24. The van der Waals surface area contributed by atoms with Gasteiger partial charge < -0.3 is 0 Å². The molecule has 0 aliphatic heterocycles. The van der Waals surface area contributed by atoms with Gasteiger partial charge in [-0.15, -0.1) is 0 Å². The Kier molecular flexibility index (Phi) is 2.46. The smallest absolute Gasteiger partial charge is 0.298 e. The van der Waals surface area contributed by atoms with E-state index in [9.17, 15) is 9.59 Å². The molecule has 1 heterocycles. The highest BCUT2D eigenvalue weighted by molar-refractivity contribution is 6.29. The largest absolute Gasteiger partial charge is 0.329 e. The standard InChI is InChI=1S/C10H13ClN2O2/c1-2-10(4-3-5-10)13-8(14)6-7(11)12-9(13)15/h6H,2-5H2,1H3,(H,12,15). The maximum atomic E-state index is 11.7. The van der Waals surface area contributed by atoms with E-state index in [0.717, 1.165) is 25.7 Å². The van der Waals surface area contributed by atoms with E-state index < -0.39 is 5.69 Å². The van der Waals surface area contributed by atoms with Crippen molar-refractivity contribution in [3.05, 3.63) is 32.1 Å². The van der Waals surface area contributed by atoms with Crippen LogP contribution in [0, 0.1) is 0 Å². The van der Waals surface area contributed by atoms with Crippen LogP contribution < -0.4 is 11.2 Å². The van der Waals surface area contributed by atoms with Crippen molar-refractivity contribution in [1.82, 2.24) is 9.55 Å². The van der Waals surface area contributed by atoms with E-state index in [0.29, 0.717) is 0 Å². The molecule has 1 aromatic heterocycles. The van der Waals surface area contributed by atoms with Gasteiger partial charge >= 0.3 is 5.69 Å². The molecule has 1 saturated carbocycles. The zero-order valence-electron chi connectivity index (χ0n) is 8.55. The Bertz CT molecular complexity index is 448. The Labute approximate surface area is 91.9 Å². The van der Waals surface area contributed by atoms with Crippen molar-refractivity contribution in [2.24, 2.45) is 0 Å². The van der Waals surface area contributed by atoms with E-state index >= 15 is 0 Å². The number of H-pyrrole nitrogens is 1. The second-order valence-corrected chi connectivity index (χ2v) is 4.43. The SMILES string of the molecule is CCC1(n2c(=O)cc(Cl)[nH]c2=O)CCC1. The minimum absolute atomic E-state index is 0.104. The summed E-state index contributed by atoms with van der Waals surface area (Å²) in [4.78, 5) is 25.9. The van der Waals surface area contributed by atoms with Gasteiger partial charge in [0, 0.05) is 6.07 Å². The number of halogens is 1. The first-order valence-corrected chi connectivity index (χ1v) is 5.49. The van der Waals surface area contributed by atoms with Crippen LogP contribution in [0.5, 0.6) is 0 Å².